The van der Waals surface area contributed by atoms with Gasteiger partial charge in [0.05, 0.1) is 18.8 Å². The minimum absolute atomic E-state index is 0.120. The number of hydrogen-bond donors (Lipinski definition) is 3. The van der Waals surface area contributed by atoms with Crippen LogP contribution in [-0.4, -0.2) is 72.1 Å². The molecule has 0 aromatic heterocycles. The largest absolute Gasteiger partial charge is 0.393 e. The maximum Gasteiger partial charge on any atom is 0.199 e. The summed E-state index contributed by atoms with van der Waals surface area (Å²) in [6.07, 6.45) is -3.04. The van der Waals surface area contributed by atoms with Gasteiger partial charge in [0.15, 0.2) is 11.6 Å². The number of carbonyl (C=O) groups is 1. The van der Waals surface area contributed by atoms with Crippen molar-refractivity contribution in [1.29, 1.82) is 0 Å². The fourth-order valence-corrected chi connectivity index (χ4v) is 2.71. The van der Waals surface area contributed by atoms with E-state index in [9.17, 15) is 20.1 Å². The number of ether oxygens (including phenoxy) is 3. The predicted molar refractivity (Wildman–Crippen MR) is 84.9 cm³/mol. The average molecular weight is 336 g/mol. The third kappa shape index (κ3) is 6.10. The molecule has 0 aliphatic rings. The highest BCUT2D eigenvalue weighted by atomic mass is 16.7. The molecule has 0 aromatic rings. The Morgan fingerprint density at radius 2 is 1.70 bits per heavy atom. The third-order valence-electron chi connectivity index (χ3n) is 4.05. The first-order chi connectivity index (χ1) is 10.7. The molecular formula is C16H32O7. The van der Waals surface area contributed by atoms with Gasteiger partial charge in [-0.05, 0) is 27.2 Å². The molecule has 0 aliphatic heterocycles. The molecular weight excluding hydrogens is 304 g/mol. The summed E-state index contributed by atoms with van der Waals surface area (Å²) in [5.74, 6) is -2.38. The molecule has 0 amide bonds. The SMILES string of the molecule is CCC(=O)C(COC(OC)(C(C)O)C(CC(C)O)C(C)O)OC. The van der Waals surface area contributed by atoms with Crippen molar-refractivity contribution >= 4 is 5.78 Å². The zero-order chi connectivity index (χ0) is 18.2. The molecule has 7 heteroatoms. The molecule has 7 nitrogen and oxygen atoms in total. The molecule has 0 radical (unpaired) electrons. The van der Waals surface area contributed by atoms with Gasteiger partial charge in [-0.2, -0.15) is 0 Å². The third-order valence-corrected chi connectivity index (χ3v) is 4.05. The van der Waals surface area contributed by atoms with Crippen LogP contribution in [0.15, 0.2) is 0 Å². The first-order valence-corrected chi connectivity index (χ1v) is 7.94. The fraction of sp³-hybridized carbons (Fsp3) is 0.938. The summed E-state index contributed by atoms with van der Waals surface area (Å²) in [4.78, 5) is 11.8. The molecule has 0 aliphatic carbocycles. The Hall–Kier alpha value is -0.570. The topological polar surface area (TPSA) is 105 Å². The van der Waals surface area contributed by atoms with Crippen molar-refractivity contribution in [3.63, 3.8) is 0 Å². The zero-order valence-corrected chi connectivity index (χ0v) is 15.0. The van der Waals surface area contributed by atoms with Crippen molar-refractivity contribution < 1.29 is 34.3 Å². The van der Waals surface area contributed by atoms with Crippen LogP contribution >= 0.6 is 0 Å². The van der Waals surface area contributed by atoms with Crippen molar-refractivity contribution in [2.45, 2.75) is 70.7 Å². The van der Waals surface area contributed by atoms with E-state index in [0.717, 1.165) is 0 Å². The number of carbonyl (C=O) groups excluding carboxylic acids is 1. The lowest BCUT2D eigenvalue weighted by atomic mass is 9.84. The fourth-order valence-electron chi connectivity index (χ4n) is 2.71. The Bertz CT molecular complexity index is 343. The second-order valence-electron chi connectivity index (χ2n) is 5.89. The Kier molecular flexibility index (Phi) is 10.1. The maximum atomic E-state index is 11.8. The van der Waals surface area contributed by atoms with Gasteiger partial charge in [-0.25, -0.2) is 0 Å². The molecule has 0 bridgehead atoms. The van der Waals surface area contributed by atoms with E-state index in [-0.39, 0.29) is 18.8 Å². The highest BCUT2D eigenvalue weighted by Gasteiger charge is 2.48. The average Bonchev–Trinajstić information content (AvgIpc) is 2.48. The molecule has 3 N–H and O–H groups in total. The molecule has 0 aromatic carbocycles. The second-order valence-corrected chi connectivity index (χ2v) is 5.89. The van der Waals surface area contributed by atoms with E-state index >= 15 is 0 Å². The van der Waals surface area contributed by atoms with E-state index in [2.05, 4.69) is 0 Å². The smallest absolute Gasteiger partial charge is 0.199 e. The van der Waals surface area contributed by atoms with Gasteiger partial charge in [0.25, 0.3) is 0 Å². The standard InChI is InChI=1S/C16H32O7/c1-7-14(20)15(21-5)9-23-16(22-6,12(4)19)13(11(3)18)8-10(2)17/h10-13,15,17-19H,7-9H2,1-6H3. The Labute approximate surface area is 138 Å². The summed E-state index contributed by atoms with van der Waals surface area (Å²) < 4.78 is 16.3. The number of Topliss-reactive ketones (excluding diaryl/α,β-unsaturated/α-hetero) is 1. The zero-order valence-electron chi connectivity index (χ0n) is 15.0. The molecule has 0 saturated carbocycles. The van der Waals surface area contributed by atoms with Gasteiger partial charge in [-0.1, -0.05) is 6.92 Å². The van der Waals surface area contributed by atoms with E-state index in [1.54, 1.807) is 13.8 Å². The molecule has 0 saturated heterocycles. The monoisotopic (exact) mass is 336 g/mol. The molecule has 6 atom stereocenters. The normalized spacial score (nSPS) is 21.1. The van der Waals surface area contributed by atoms with Crippen molar-refractivity contribution in [2.24, 2.45) is 5.92 Å². The molecule has 0 spiro atoms. The Balaban J connectivity index is 5.41. The molecule has 0 fully saturated rings. The van der Waals surface area contributed by atoms with Gasteiger partial charge in [-0.15, -0.1) is 0 Å². The van der Waals surface area contributed by atoms with Crippen LogP contribution in [0.3, 0.4) is 0 Å². The maximum absolute atomic E-state index is 11.8. The van der Waals surface area contributed by atoms with E-state index in [4.69, 9.17) is 14.2 Å². The van der Waals surface area contributed by atoms with Crippen molar-refractivity contribution in [1.82, 2.24) is 0 Å². The lowest BCUT2D eigenvalue weighted by Crippen LogP contribution is -2.56. The lowest BCUT2D eigenvalue weighted by Gasteiger charge is -2.43. The van der Waals surface area contributed by atoms with Crippen LogP contribution in [0.4, 0.5) is 0 Å². The number of ketones is 1. The van der Waals surface area contributed by atoms with Gasteiger partial charge >= 0.3 is 0 Å². The number of hydrogen-bond acceptors (Lipinski definition) is 7. The predicted octanol–water partition coefficient (Wildman–Crippen LogP) is 0.489. The van der Waals surface area contributed by atoms with Crippen LogP contribution < -0.4 is 0 Å². The van der Waals surface area contributed by atoms with Crippen molar-refractivity contribution in [2.75, 3.05) is 20.8 Å². The minimum atomic E-state index is -1.56. The van der Waals surface area contributed by atoms with Gasteiger partial charge in [0.1, 0.15) is 12.2 Å². The van der Waals surface area contributed by atoms with Crippen molar-refractivity contribution in [3.05, 3.63) is 0 Å². The summed E-state index contributed by atoms with van der Waals surface area (Å²) in [7, 11) is 2.76. The highest BCUT2D eigenvalue weighted by Crippen LogP contribution is 2.34. The van der Waals surface area contributed by atoms with Crippen LogP contribution in [0.2, 0.25) is 0 Å². The Morgan fingerprint density at radius 3 is 2.00 bits per heavy atom. The van der Waals surface area contributed by atoms with Gasteiger partial charge < -0.3 is 29.5 Å². The Morgan fingerprint density at radius 1 is 1.13 bits per heavy atom. The summed E-state index contributed by atoms with van der Waals surface area (Å²) >= 11 is 0. The van der Waals surface area contributed by atoms with Crippen LogP contribution in [0.5, 0.6) is 0 Å². The van der Waals surface area contributed by atoms with Crippen molar-refractivity contribution in [3.8, 4) is 0 Å². The van der Waals surface area contributed by atoms with Gasteiger partial charge in [0.2, 0.25) is 0 Å². The number of methoxy groups -OCH3 is 2. The quantitative estimate of drug-likeness (QED) is 0.445. The summed E-state index contributed by atoms with van der Waals surface area (Å²) in [5, 5.41) is 30.0. The number of aliphatic hydroxyl groups is 3. The first-order valence-electron chi connectivity index (χ1n) is 7.94. The van der Waals surface area contributed by atoms with Crippen LogP contribution in [0.25, 0.3) is 0 Å². The van der Waals surface area contributed by atoms with Gasteiger partial charge in [-0.3, -0.25) is 4.79 Å². The molecule has 138 valence electrons. The summed E-state index contributed by atoms with van der Waals surface area (Å²) in [6, 6.07) is 0. The van der Waals surface area contributed by atoms with Crippen LogP contribution in [0, 0.1) is 5.92 Å². The molecule has 23 heavy (non-hydrogen) atoms. The van der Waals surface area contributed by atoms with E-state index < -0.39 is 36.1 Å². The van der Waals surface area contributed by atoms with Gasteiger partial charge in [0, 0.05) is 26.6 Å². The number of rotatable bonds is 12. The number of aliphatic hydroxyl groups excluding tert-OH is 3. The van der Waals surface area contributed by atoms with E-state index in [1.165, 1.54) is 28.1 Å². The minimum Gasteiger partial charge on any atom is -0.393 e. The van der Waals surface area contributed by atoms with E-state index in [0.29, 0.717) is 6.42 Å². The summed E-state index contributed by atoms with van der Waals surface area (Å²) in [6.45, 7) is 6.20. The molecule has 0 heterocycles. The molecule has 0 rings (SSSR count). The van der Waals surface area contributed by atoms with Crippen LogP contribution in [-0.2, 0) is 19.0 Å². The lowest BCUT2D eigenvalue weighted by molar-refractivity contribution is -0.315. The van der Waals surface area contributed by atoms with Crippen LogP contribution in [0.1, 0.15) is 40.5 Å². The highest BCUT2D eigenvalue weighted by molar-refractivity contribution is 5.82. The molecule has 6 unspecified atom stereocenters. The first kappa shape index (κ1) is 22.4. The second kappa shape index (κ2) is 10.3. The summed E-state index contributed by atoms with van der Waals surface area (Å²) in [5.41, 5.74) is 0. The van der Waals surface area contributed by atoms with E-state index in [1.807, 2.05) is 0 Å².